The summed E-state index contributed by atoms with van der Waals surface area (Å²) in [6.07, 6.45) is 1.58. The van der Waals surface area contributed by atoms with E-state index < -0.39 is 4.92 Å². The number of nitrogens with zero attached hydrogens (tertiary/aromatic N) is 2. The predicted octanol–water partition coefficient (Wildman–Crippen LogP) is 1.35. The summed E-state index contributed by atoms with van der Waals surface area (Å²) in [5.41, 5.74) is -0.114. The minimum absolute atomic E-state index is 0.114. The molecule has 0 aliphatic heterocycles. The van der Waals surface area contributed by atoms with Gasteiger partial charge in [-0.2, -0.15) is 0 Å². The summed E-state index contributed by atoms with van der Waals surface area (Å²) in [6, 6.07) is 2.83. The van der Waals surface area contributed by atoms with Crippen LogP contribution in [0.2, 0.25) is 0 Å². The van der Waals surface area contributed by atoms with E-state index in [9.17, 15) is 14.9 Å². The summed E-state index contributed by atoms with van der Waals surface area (Å²) in [7, 11) is 0. The first-order chi connectivity index (χ1) is 8.15. The van der Waals surface area contributed by atoms with E-state index in [2.05, 4.69) is 10.3 Å². The molecular formula is C10H13N3O4. The summed E-state index contributed by atoms with van der Waals surface area (Å²) in [6.45, 7) is 2.29. The molecule has 1 heterocycles. The van der Waals surface area contributed by atoms with E-state index in [4.69, 9.17) is 4.74 Å². The number of nitro groups is 1. The molecular weight excluding hydrogens is 226 g/mol. The van der Waals surface area contributed by atoms with Crippen LogP contribution >= 0.6 is 0 Å². The molecule has 0 aliphatic carbocycles. The van der Waals surface area contributed by atoms with Crippen molar-refractivity contribution in [3.8, 4) is 0 Å². The highest BCUT2D eigenvalue weighted by Gasteiger charge is 2.13. The molecule has 7 heteroatoms. The Hall–Kier alpha value is -2.18. The molecule has 0 fully saturated rings. The number of nitrogens with one attached hydrogen (secondary N) is 1. The van der Waals surface area contributed by atoms with Gasteiger partial charge in [0.2, 0.25) is 5.82 Å². The van der Waals surface area contributed by atoms with Crippen LogP contribution in [0.1, 0.15) is 13.3 Å². The quantitative estimate of drug-likeness (QED) is 0.457. The topological polar surface area (TPSA) is 94.4 Å². The standard InChI is InChI=1S/C10H13N3O4/c1-2-17-9(14)5-7-12-10-8(13(15)16)4-3-6-11-10/h3-4,6H,2,5,7H2,1H3,(H,11,12). The Morgan fingerprint density at radius 3 is 3.06 bits per heavy atom. The molecule has 0 aliphatic rings. The normalized spacial score (nSPS) is 9.71. The second-order valence-corrected chi connectivity index (χ2v) is 3.11. The number of aromatic nitrogens is 1. The molecule has 0 unspecified atom stereocenters. The molecule has 0 bridgehead atoms. The Morgan fingerprint density at radius 2 is 2.41 bits per heavy atom. The molecule has 0 saturated heterocycles. The predicted molar refractivity (Wildman–Crippen MR) is 60.6 cm³/mol. The van der Waals surface area contributed by atoms with Crippen molar-refractivity contribution in [1.82, 2.24) is 4.98 Å². The highest BCUT2D eigenvalue weighted by Crippen LogP contribution is 2.19. The van der Waals surface area contributed by atoms with E-state index in [1.165, 1.54) is 18.3 Å². The van der Waals surface area contributed by atoms with Crippen LogP contribution < -0.4 is 5.32 Å². The van der Waals surface area contributed by atoms with Gasteiger partial charge in [0.1, 0.15) is 0 Å². The van der Waals surface area contributed by atoms with Crippen LogP contribution in [-0.2, 0) is 9.53 Å². The molecule has 92 valence electrons. The largest absolute Gasteiger partial charge is 0.466 e. The van der Waals surface area contributed by atoms with Gasteiger partial charge in [-0.3, -0.25) is 14.9 Å². The number of anilines is 1. The van der Waals surface area contributed by atoms with Crippen LogP contribution in [-0.4, -0.2) is 29.0 Å². The van der Waals surface area contributed by atoms with E-state index in [1.54, 1.807) is 6.92 Å². The third-order valence-electron chi connectivity index (χ3n) is 1.91. The lowest BCUT2D eigenvalue weighted by atomic mass is 10.3. The van der Waals surface area contributed by atoms with E-state index >= 15 is 0 Å². The Kier molecular flexibility index (Phi) is 4.86. The molecule has 7 nitrogen and oxygen atoms in total. The summed E-state index contributed by atoms with van der Waals surface area (Å²) in [5, 5.41) is 13.4. The molecule has 1 aromatic rings. The zero-order chi connectivity index (χ0) is 12.7. The highest BCUT2D eigenvalue weighted by atomic mass is 16.6. The van der Waals surface area contributed by atoms with Crippen molar-refractivity contribution in [3.05, 3.63) is 28.4 Å². The molecule has 0 aromatic carbocycles. The maximum Gasteiger partial charge on any atom is 0.311 e. The molecule has 0 amide bonds. The van der Waals surface area contributed by atoms with Gasteiger partial charge in [-0.05, 0) is 13.0 Å². The molecule has 1 aromatic heterocycles. The van der Waals surface area contributed by atoms with Crippen molar-refractivity contribution in [1.29, 1.82) is 0 Å². The molecule has 1 N–H and O–H groups in total. The fourth-order valence-corrected chi connectivity index (χ4v) is 1.20. The van der Waals surface area contributed by atoms with E-state index in [-0.39, 0.29) is 30.4 Å². The molecule has 0 saturated carbocycles. The second kappa shape index (κ2) is 6.41. The van der Waals surface area contributed by atoms with Crippen molar-refractivity contribution in [2.75, 3.05) is 18.5 Å². The van der Waals surface area contributed by atoms with Gasteiger partial charge in [-0.1, -0.05) is 0 Å². The Morgan fingerprint density at radius 1 is 1.65 bits per heavy atom. The lowest BCUT2D eigenvalue weighted by Crippen LogP contribution is -2.12. The fourth-order valence-electron chi connectivity index (χ4n) is 1.20. The van der Waals surface area contributed by atoms with Gasteiger partial charge >= 0.3 is 11.7 Å². The molecule has 17 heavy (non-hydrogen) atoms. The minimum Gasteiger partial charge on any atom is -0.466 e. The lowest BCUT2D eigenvalue weighted by molar-refractivity contribution is -0.384. The highest BCUT2D eigenvalue weighted by molar-refractivity contribution is 5.70. The van der Waals surface area contributed by atoms with Gasteiger partial charge in [0.15, 0.2) is 0 Å². The fraction of sp³-hybridized carbons (Fsp3) is 0.400. The number of hydrogen-bond donors (Lipinski definition) is 1. The number of carbonyl (C=O) groups is 1. The lowest BCUT2D eigenvalue weighted by Gasteiger charge is -2.05. The van der Waals surface area contributed by atoms with Gasteiger partial charge < -0.3 is 10.1 Å². The van der Waals surface area contributed by atoms with E-state index in [0.717, 1.165) is 0 Å². The molecule has 0 atom stereocenters. The van der Waals surface area contributed by atoms with Gasteiger partial charge in [0.25, 0.3) is 0 Å². The Labute approximate surface area is 98.0 Å². The van der Waals surface area contributed by atoms with Gasteiger partial charge in [-0.15, -0.1) is 0 Å². The first-order valence-electron chi connectivity index (χ1n) is 5.14. The van der Waals surface area contributed by atoms with E-state index in [1.807, 2.05) is 0 Å². The zero-order valence-electron chi connectivity index (χ0n) is 9.38. The Bertz CT molecular complexity index is 408. The first-order valence-corrected chi connectivity index (χ1v) is 5.14. The number of hydrogen-bond acceptors (Lipinski definition) is 6. The average molecular weight is 239 g/mol. The van der Waals surface area contributed by atoms with Crippen LogP contribution in [0.25, 0.3) is 0 Å². The zero-order valence-corrected chi connectivity index (χ0v) is 9.38. The number of esters is 1. The monoisotopic (exact) mass is 239 g/mol. The third-order valence-corrected chi connectivity index (χ3v) is 1.91. The van der Waals surface area contributed by atoms with Crippen LogP contribution in [0.15, 0.2) is 18.3 Å². The molecule has 1 rings (SSSR count). The van der Waals surface area contributed by atoms with Crippen LogP contribution in [0.5, 0.6) is 0 Å². The maximum absolute atomic E-state index is 11.0. The number of rotatable bonds is 6. The van der Waals surface area contributed by atoms with Gasteiger partial charge in [-0.25, -0.2) is 4.98 Å². The van der Waals surface area contributed by atoms with Gasteiger partial charge in [0.05, 0.1) is 18.0 Å². The summed E-state index contributed by atoms with van der Waals surface area (Å²) in [4.78, 5) is 25.0. The molecule has 0 radical (unpaired) electrons. The number of pyridine rings is 1. The summed E-state index contributed by atoms with van der Waals surface area (Å²) < 4.78 is 4.72. The Balaban J connectivity index is 2.52. The third kappa shape index (κ3) is 4.06. The van der Waals surface area contributed by atoms with Crippen molar-refractivity contribution < 1.29 is 14.5 Å². The second-order valence-electron chi connectivity index (χ2n) is 3.11. The maximum atomic E-state index is 11.0. The van der Waals surface area contributed by atoms with Crippen LogP contribution in [0.4, 0.5) is 11.5 Å². The van der Waals surface area contributed by atoms with Crippen molar-refractivity contribution in [3.63, 3.8) is 0 Å². The smallest absolute Gasteiger partial charge is 0.311 e. The van der Waals surface area contributed by atoms with Crippen LogP contribution in [0, 0.1) is 10.1 Å². The molecule has 0 spiro atoms. The first kappa shape index (κ1) is 12.9. The van der Waals surface area contributed by atoms with Crippen molar-refractivity contribution in [2.45, 2.75) is 13.3 Å². The SMILES string of the molecule is CCOC(=O)CCNc1ncccc1[N+](=O)[O-]. The summed E-state index contributed by atoms with van der Waals surface area (Å²) >= 11 is 0. The number of carbonyl (C=O) groups excluding carboxylic acids is 1. The van der Waals surface area contributed by atoms with Gasteiger partial charge in [0, 0.05) is 18.8 Å². The van der Waals surface area contributed by atoms with E-state index in [0.29, 0.717) is 6.61 Å². The summed E-state index contributed by atoms with van der Waals surface area (Å²) in [5.74, 6) is -0.194. The average Bonchev–Trinajstić information content (AvgIpc) is 2.30. The number of ether oxygens (including phenoxy) is 1. The van der Waals surface area contributed by atoms with Crippen molar-refractivity contribution in [2.24, 2.45) is 0 Å². The van der Waals surface area contributed by atoms with Crippen molar-refractivity contribution >= 4 is 17.5 Å². The van der Waals surface area contributed by atoms with Crippen LogP contribution in [0.3, 0.4) is 0 Å². The minimum atomic E-state index is -0.528.